The normalized spacial score (nSPS) is 27.5. The van der Waals surface area contributed by atoms with Crippen molar-refractivity contribution in [1.29, 1.82) is 0 Å². The fraction of sp³-hybridized carbons (Fsp3) is 0.917. The third kappa shape index (κ3) is 3.82. The van der Waals surface area contributed by atoms with Crippen LogP contribution in [0.25, 0.3) is 0 Å². The number of carbonyl (C=O) groups excluding carboxylic acids is 1. The molecular weight excluding hydrogens is 192 g/mol. The van der Waals surface area contributed by atoms with E-state index < -0.39 is 5.60 Å². The number of aliphatic hydroxyl groups is 1. The van der Waals surface area contributed by atoms with Gasteiger partial charge in [0.2, 0.25) is 0 Å². The van der Waals surface area contributed by atoms with E-state index >= 15 is 0 Å². The Morgan fingerprint density at radius 3 is 2.47 bits per heavy atom. The first kappa shape index (κ1) is 12.5. The van der Waals surface area contributed by atoms with Gasteiger partial charge in [-0.15, -0.1) is 0 Å². The van der Waals surface area contributed by atoms with Crippen molar-refractivity contribution in [2.75, 3.05) is 6.61 Å². The molecule has 15 heavy (non-hydrogen) atoms. The molecule has 3 nitrogen and oxygen atoms in total. The van der Waals surface area contributed by atoms with Gasteiger partial charge in [-0.05, 0) is 39.5 Å². The first-order chi connectivity index (χ1) is 6.94. The van der Waals surface area contributed by atoms with E-state index in [0.29, 0.717) is 0 Å². The van der Waals surface area contributed by atoms with Crippen molar-refractivity contribution in [3.63, 3.8) is 0 Å². The van der Waals surface area contributed by atoms with Crippen LogP contribution in [0.2, 0.25) is 0 Å². The molecule has 1 fully saturated rings. The number of carbonyl (C=O) groups is 1. The number of hydrogen-bond acceptors (Lipinski definition) is 3. The van der Waals surface area contributed by atoms with Gasteiger partial charge in [0.05, 0.1) is 5.92 Å². The number of rotatable bonds is 2. The van der Waals surface area contributed by atoms with Crippen LogP contribution < -0.4 is 0 Å². The maximum Gasteiger partial charge on any atom is 0.309 e. The summed E-state index contributed by atoms with van der Waals surface area (Å²) in [6.45, 7) is 5.73. The summed E-state index contributed by atoms with van der Waals surface area (Å²) in [4.78, 5) is 11.8. The number of aliphatic hydroxyl groups excluding tert-OH is 1. The Kier molecular flexibility index (Phi) is 4.14. The zero-order valence-electron chi connectivity index (χ0n) is 9.95. The molecule has 1 N–H and O–H groups in total. The topological polar surface area (TPSA) is 46.5 Å². The van der Waals surface area contributed by atoms with Gasteiger partial charge in [-0.3, -0.25) is 4.79 Å². The van der Waals surface area contributed by atoms with E-state index in [2.05, 4.69) is 0 Å². The molecule has 1 saturated carbocycles. The van der Waals surface area contributed by atoms with Crippen LogP contribution in [0.4, 0.5) is 0 Å². The summed E-state index contributed by atoms with van der Waals surface area (Å²) in [6.07, 6.45) is 3.99. The van der Waals surface area contributed by atoms with Crippen LogP contribution in [0.3, 0.4) is 0 Å². The Morgan fingerprint density at radius 1 is 1.33 bits per heavy atom. The monoisotopic (exact) mass is 214 g/mol. The van der Waals surface area contributed by atoms with Crippen LogP contribution in [0.15, 0.2) is 0 Å². The summed E-state index contributed by atoms with van der Waals surface area (Å²) in [7, 11) is 0. The second-order valence-corrected chi connectivity index (χ2v) is 5.37. The third-order valence-corrected chi connectivity index (χ3v) is 2.85. The summed E-state index contributed by atoms with van der Waals surface area (Å²) in [5, 5.41) is 9.20. The minimum absolute atomic E-state index is 0.0945. The molecule has 0 aromatic rings. The van der Waals surface area contributed by atoms with Crippen molar-refractivity contribution < 1.29 is 14.6 Å². The van der Waals surface area contributed by atoms with Crippen LogP contribution in [0, 0.1) is 11.8 Å². The summed E-state index contributed by atoms with van der Waals surface area (Å²) >= 11 is 0. The van der Waals surface area contributed by atoms with Crippen molar-refractivity contribution in [2.45, 2.75) is 52.1 Å². The zero-order chi connectivity index (χ0) is 11.5. The summed E-state index contributed by atoms with van der Waals surface area (Å²) in [6, 6.07) is 0. The average molecular weight is 214 g/mol. The molecule has 0 aromatic carbocycles. The Labute approximate surface area is 91.8 Å². The standard InChI is InChI=1S/C12H22O3/c1-12(2,3)15-11(14)10-7-5-4-6-9(10)8-13/h9-10,13H,4-8H2,1-3H3/t9-,10?/m1/s1. The van der Waals surface area contributed by atoms with Crippen LogP contribution in [0.5, 0.6) is 0 Å². The van der Waals surface area contributed by atoms with Crippen molar-refractivity contribution in [3.05, 3.63) is 0 Å². The number of esters is 1. The Bertz CT molecular complexity index is 217. The van der Waals surface area contributed by atoms with Gasteiger partial charge >= 0.3 is 5.97 Å². The highest BCUT2D eigenvalue weighted by Crippen LogP contribution is 2.31. The Hall–Kier alpha value is -0.570. The zero-order valence-corrected chi connectivity index (χ0v) is 9.95. The molecule has 0 saturated heterocycles. The van der Waals surface area contributed by atoms with E-state index in [9.17, 15) is 9.90 Å². The fourth-order valence-corrected chi connectivity index (χ4v) is 2.11. The molecule has 3 heteroatoms. The molecule has 0 aromatic heterocycles. The predicted octanol–water partition coefficient (Wildman–Crippen LogP) is 2.13. The molecular formula is C12H22O3. The SMILES string of the molecule is CC(C)(C)OC(=O)C1CCCC[C@@H]1CO. The lowest BCUT2D eigenvalue weighted by atomic mass is 9.79. The highest BCUT2D eigenvalue weighted by molar-refractivity contribution is 5.73. The lowest BCUT2D eigenvalue weighted by molar-refractivity contribution is -0.164. The second-order valence-electron chi connectivity index (χ2n) is 5.37. The van der Waals surface area contributed by atoms with Gasteiger partial charge in [0.15, 0.2) is 0 Å². The first-order valence-corrected chi connectivity index (χ1v) is 5.78. The van der Waals surface area contributed by atoms with Gasteiger partial charge in [-0.2, -0.15) is 0 Å². The molecule has 1 aliphatic carbocycles. The molecule has 0 spiro atoms. The highest BCUT2D eigenvalue weighted by Gasteiger charge is 2.33. The van der Waals surface area contributed by atoms with Crippen LogP contribution in [-0.4, -0.2) is 23.3 Å². The molecule has 0 amide bonds. The quantitative estimate of drug-likeness (QED) is 0.716. The highest BCUT2D eigenvalue weighted by atomic mass is 16.6. The van der Waals surface area contributed by atoms with Gasteiger partial charge < -0.3 is 9.84 Å². The smallest absolute Gasteiger partial charge is 0.309 e. The van der Waals surface area contributed by atoms with Crippen LogP contribution >= 0.6 is 0 Å². The molecule has 1 rings (SSSR count). The summed E-state index contributed by atoms with van der Waals surface area (Å²) < 4.78 is 5.36. The number of ether oxygens (including phenoxy) is 1. The van der Waals surface area contributed by atoms with Crippen molar-refractivity contribution in [1.82, 2.24) is 0 Å². The van der Waals surface area contributed by atoms with Crippen molar-refractivity contribution >= 4 is 5.97 Å². The maximum absolute atomic E-state index is 11.8. The Morgan fingerprint density at radius 2 is 1.93 bits per heavy atom. The molecule has 2 atom stereocenters. The third-order valence-electron chi connectivity index (χ3n) is 2.85. The molecule has 88 valence electrons. The Balaban J connectivity index is 2.56. The lowest BCUT2D eigenvalue weighted by Crippen LogP contribution is -2.35. The van der Waals surface area contributed by atoms with Gasteiger partial charge in [-0.25, -0.2) is 0 Å². The molecule has 0 heterocycles. The van der Waals surface area contributed by atoms with E-state index in [1.807, 2.05) is 20.8 Å². The van der Waals surface area contributed by atoms with Crippen molar-refractivity contribution in [2.24, 2.45) is 11.8 Å². The average Bonchev–Trinajstić information content (AvgIpc) is 2.15. The molecule has 1 aliphatic rings. The minimum atomic E-state index is -0.422. The lowest BCUT2D eigenvalue weighted by Gasteiger charge is -2.31. The summed E-state index contributed by atoms with van der Waals surface area (Å²) in [5.74, 6) is -0.127. The van der Waals surface area contributed by atoms with Gasteiger partial charge in [0.1, 0.15) is 5.60 Å². The van der Waals surface area contributed by atoms with Crippen LogP contribution in [0.1, 0.15) is 46.5 Å². The molecule has 0 bridgehead atoms. The first-order valence-electron chi connectivity index (χ1n) is 5.78. The minimum Gasteiger partial charge on any atom is -0.460 e. The van der Waals surface area contributed by atoms with Gasteiger partial charge in [0, 0.05) is 6.61 Å². The predicted molar refractivity (Wildman–Crippen MR) is 58.4 cm³/mol. The van der Waals surface area contributed by atoms with E-state index in [1.165, 1.54) is 0 Å². The second kappa shape index (κ2) is 4.97. The maximum atomic E-state index is 11.8. The molecule has 0 radical (unpaired) electrons. The number of hydrogen-bond donors (Lipinski definition) is 1. The largest absolute Gasteiger partial charge is 0.460 e. The van der Waals surface area contributed by atoms with Gasteiger partial charge in [0.25, 0.3) is 0 Å². The van der Waals surface area contributed by atoms with Crippen molar-refractivity contribution in [3.8, 4) is 0 Å². The van der Waals surface area contributed by atoms with E-state index in [1.54, 1.807) is 0 Å². The van der Waals surface area contributed by atoms with Gasteiger partial charge in [-0.1, -0.05) is 12.8 Å². The van der Waals surface area contributed by atoms with Crippen LogP contribution in [-0.2, 0) is 9.53 Å². The molecule has 1 unspecified atom stereocenters. The van der Waals surface area contributed by atoms with E-state index in [4.69, 9.17) is 4.74 Å². The summed E-state index contributed by atoms with van der Waals surface area (Å²) in [5.41, 5.74) is -0.422. The van der Waals surface area contributed by atoms with E-state index in [0.717, 1.165) is 25.7 Å². The fourth-order valence-electron chi connectivity index (χ4n) is 2.11. The molecule has 0 aliphatic heterocycles. The van der Waals surface area contributed by atoms with E-state index in [-0.39, 0.29) is 24.4 Å².